The maximum atomic E-state index is 13.5. The fraction of sp³-hybridized carbons (Fsp3) is 0.148. The van der Waals surface area contributed by atoms with Crippen molar-refractivity contribution < 1.29 is 9.21 Å². The van der Waals surface area contributed by atoms with Crippen LogP contribution in [-0.4, -0.2) is 25.0 Å². The molecule has 0 saturated heterocycles. The topological polar surface area (TPSA) is 145 Å². The Labute approximate surface area is 225 Å². The molecular formula is C27H21ClN6O5. The zero-order valence-electron chi connectivity index (χ0n) is 20.6. The molecule has 3 aromatic carbocycles. The number of fused-ring (bicyclic) bond motifs is 1. The van der Waals surface area contributed by atoms with Crippen molar-refractivity contribution in [2.24, 2.45) is 10.2 Å². The Morgan fingerprint density at radius 3 is 2.54 bits per heavy atom. The molecule has 0 spiro atoms. The Balaban J connectivity index is 1.63. The number of H-pyrrole nitrogens is 1. The SMILES string of the molecule is C[C@@H](CC(=O)N=O)n1c(=O)[nH]/c(=N\c2ccc3oc(-c4ccccc4)nc3c2)n(Cc2ccc(Cl)cc2)c1=O. The molecule has 0 radical (unpaired) electrons. The molecule has 0 unspecified atom stereocenters. The van der Waals surface area contributed by atoms with Gasteiger partial charge >= 0.3 is 11.4 Å². The van der Waals surface area contributed by atoms with Gasteiger partial charge in [0.1, 0.15) is 5.52 Å². The molecule has 2 heterocycles. The van der Waals surface area contributed by atoms with Crippen molar-refractivity contribution in [3.05, 3.63) is 115 Å². The monoisotopic (exact) mass is 544 g/mol. The molecule has 0 fully saturated rings. The molecule has 5 aromatic rings. The van der Waals surface area contributed by atoms with Crippen LogP contribution in [0, 0.1) is 4.91 Å². The van der Waals surface area contributed by atoms with E-state index < -0.39 is 29.7 Å². The number of hydrogen-bond acceptors (Lipinski definition) is 7. The molecule has 12 heteroatoms. The van der Waals surface area contributed by atoms with Crippen molar-refractivity contribution in [2.45, 2.75) is 25.9 Å². The second kappa shape index (κ2) is 10.8. The molecule has 0 saturated carbocycles. The van der Waals surface area contributed by atoms with E-state index in [0.29, 0.717) is 33.3 Å². The highest BCUT2D eigenvalue weighted by Gasteiger charge is 2.18. The van der Waals surface area contributed by atoms with Crippen LogP contribution in [-0.2, 0) is 11.3 Å². The van der Waals surface area contributed by atoms with Crippen molar-refractivity contribution in [3.8, 4) is 11.5 Å². The molecular weight excluding hydrogens is 524 g/mol. The van der Waals surface area contributed by atoms with E-state index in [9.17, 15) is 19.3 Å². The van der Waals surface area contributed by atoms with Gasteiger partial charge in [0.15, 0.2) is 5.58 Å². The summed E-state index contributed by atoms with van der Waals surface area (Å²) >= 11 is 6.00. The highest BCUT2D eigenvalue weighted by atomic mass is 35.5. The van der Waals surface area contributed by atoms with Gasteiger partial charge in [0, 0.05) is 21.8 Å². The zero-order chi connectivity index (χ0) is 27.5. The number of halogens is 1. The number of carbonyl (C=O) groups excluding carboxylic acids is 1. The smallest absolute Gasteiger partial charge is 0.335 e. The number of nitroso groups, excluding NO2 is 1. The molecule has 1 amide bonds. The van der Waals surface area contributed by atoms with Crippen LogP contribution < -0.4 is 17.0 Å². The van der Waals surface area contributed by atoms with Crippen LogP contribution in [0.5, 0.6) is 0 Å². The van der Waals surface area contributed by atoms with Crippen LogP contribution in [0.4, 0.5) is 5.69 Å². The number of nitrogens with zero attached hydrogens (tertiary/aromatic N) is 5. The van der Waals surface area contributed by atoms with Gasteiger partial charge in [-0.15, -0.1) is 4.91 Å². The highest BCUT2D eigenvalue weighted by Crippen LogP contribution is 2.26. The zero-order valence-corrected chi connectivity index (χ0v) is 21.3. The first-order chi connectivity index (χ1) is 18.8. The van der Waals surface area contributed by atoms with E-state index in [1.165, 1.54) is 11.5 Å². The Morgan fingerprint density at radius 2 is 1.82 bits per heavy atom. The van der Waals surface area contributed by atoms with E-state index in [-0.39, 0.29) is 12.2 Å². The summed E-state index contributed by atoms with van der Waals surface area (Å²) < 4.78 is 7.99. The summed E-state index contributed by atoms with van der Waals surface area (Å²) in [6.07, 6.45) is -0.406. The molecule has 0 aliphatic heterocycles. The van der Waals surface area contributed by atoms with Crippen molar-refractivity contribution >= 4 is 34.3 Å². The lowest BCUT2D eigenvalue weighted by atomic mass is 10.2. The summed E-state index contributed by atoms with van der Waals surface area (Å²) in [5.41, 5.74) is 1.53. The van der Waals surface area contributed by atoms with Gasteiger partial charge < -0.3 is 4.42 Å². The first-order valence-corrected chi connectivity index (χ1v) is 12.3. The van der Waals surface area contributed by atoms with Crippen molar-refractivity contribution in [1.29, 1.82) is 0 Å². The van der Waals surface area contributed by atoms with E-state index in [1.54, 1.807) is 42.5 Å². The summed E-state index contributed by atoms with van der Waals surface area (Å²) in [6, 6.07) is 20.4. The number of carbonyl (C=O) groups is 1. The first kappa shape index (κ1) is 25.7. The maximum Gasteiger partial charge on any atom is 0.335 e. The molecule has 1 atom stereocenters. The number of amides is 1. The molecule has 0 bridgehead atoms. The third-order valence-electron chi connectivity index (χ3n) is 6.02. The predicted octanol–water partition coefficient (Wildman–Crippen LogP) is 4.32. The fourth-order valence-corrected chi connectivity index (χ4v) is 4.24. The Hall–Kier alpha value is -4.90. The Bertz CT molecular complexity index is 1870. The Morgan fingerprint density at radius 1 is 1.08 bits per heavy atom. The molecule has 1 N–H and O–H groups in total. The lowest BCUT2D eigenvalue weighted by Gasteiger charge is -2.15. The van der Waals surface area contributed by atoms with Crippen LogP contribution in [0.2, 0.25) is 5.02 Å². The van der Waals surface area contributed by atoms with Gasteiger partial charge in [-0.2, -0.15) is 0 Å². The number of aromatic nitrogens is 4. The number of nitrogens with one attached hydrogen (secondary N) is 1. The Kier molecular flexibility index (Phi) is 7.15. The highest BCUT2D eigenvalue weighted by molar-refractivity contribution is 6.30. The van der Waals surface area contributed by atoms with E-state index in [1.807, 2.05) is 30.3 Å². The molecule has 0 aliphatic carbocycles. The van der Waals surface area contributed by atoms with Gasteiger partial charge in [-0.05, 0) is 55.0 Å². The van der Waals surface area contributed by atoms with Gasteiger partial charge in [0.25, 0.3) is 5.91 Å². The minimum absolute atomic E-state index is 0.0191. The summed E-state index contributed by atoms with van der Waals surface area (Å²) in [6.45, 7) is 1.52. The van der Waals surface area contributed by atoms with Crippen molar-refractivity contribution in [3.63, 3.8) is 0 Å². The molecule has 196 valence electrons. The van der Waals surface area contributed by atoms with Gasteiger partial charge in [0.2, 0.25) is 11.5 Å². The minimum atomic E-state index is -0.970. The lowest BCUT2D eigenvalue weighted by Crippen LogP contribution is -2.51. The van der Waals surface area contributed by atoms with Gasteiger partial charge in [-0.3, -0.25) is 14.3 Å². The first-order valence-electron chi connectivity index (χ1n) is 11.9. The van der Waals surface area contributed by atoms with E-state index in [2.05, 4.69) is 20.1 Å². The number of benzene rings is 3. The standard InChI is InChI=1S/C27H21ClN6O5/c1-16(13-23(35)32-38)34-26(36)31-25(33(27(34)37)15-17-7-9-19(28)10-8-17)29-20-11-12-22-21(14-20)30-24(39-22)18-5-3-2-4-6-18/h2-12,14,16H,13,15H2,1H3,(H,29,31,36)/t16-/m0/s1. The molecule has 0 aliphatic rings. The second-order valence-electron chi connectivity index (χ2n) is 8.81. The quantitative estimate of drug-likeness (QED) is 0.302. The number of aromatic amines is 1. The third kappa shape index (κ3) is 5.53. The van der Waals surface area contributed by atoms with Gasteiger partial charge in [-0.25, -0.2) is 24.1 Å². The minimum Gasteiger partial charge on any atom is -0.436 e. The normalized spacial score (nSPS) is 12.5. The van der Waals surface area contributed by atoms with Crippen LogP contribution in [0.3, 0.4) is 0 Å². The third-order valence-corrected chi connectivity index (χ3v) is 6.28. The average Bonchev–Trinajstić information content (AvgIpc) is 3.36. The fourth-order valence-electron chi connectivity index (χ4n) is 4.12. The summed E-state index contributed by atoms with van der Waals surface area (Å²) in [7, 11) is 0. The largest absolute Gasteiger partial charge is 0.436 e. The molecule has 11 nitrogen and oxygen atoms in total. The molecule has 5 rings (SSSR count). The molecule has 2 aromatic heterocycles. The van der Waals surface area contributed by atoms with E-state index in [4.69, 9.17) is 16.0 Å². The summed E-state index contributed by atoms with van der Waals surface area (Å²) in [5, 5.41) is 2.89. The van der Waals surface area contributed by atoms with Crippen molar-refractivity contribution in [2.75, 3.05) is 0 Å². The van der Waals surface area contributed by atoms with Gasteiger partial charge in [-0.1, -0.05) is 41.9 Å². The van der Waals surface area contributed by atoms with Crippen LogP contribution in [0.15, 0.2) is 97.0 Å². The molecule has 39 heavy (non-hydrogen) atoms. The second-order valence-corrected chi connectivity index (χ2v) is 9.24. The average molecular weight is 545 g/mol. The van der Waals surface area contributed by atoms with Crippen LogP contribution >= 0.6 is 11.6 Å². The predicted molar refractivity (Wildman–Crippen MR) is 145 cm³/mol. The number of hydrogen-bond donors (Lipinski definition) is 1. The van der Waals surface area contributed by atoms with Crippen molar-refractivity contribution in [1.82, 2.24) is 19.1 Å². The van der Waals surface area contributed by atoms with Crippen LogP contribution in [0.1, 0.15) is 24.9 Å². The number of rotatable bonds is 7. The summed E-state index contributed by atoms with van der Waals surface area (Å²) in [4.78, 5) is 60.4. The maximum absolute atomic E-state index is 13.5. The lowest BCUT2D eigenvalue weighted by molar-refractivity contribution is -0.118. The van der Waals surface area contributed by atoms with E-state index in [0.717, 1.165) is 10.1 Å². The van der Waals surface area contributed by atoms with E-state index >= 15 is 0 Å². The van der Waals surface area contributed by atoms with Gasteiger partial charge in [0.05, 0.1) is 18.7 Å². The van der Waals surface area contributed by atoms with Crippen LogP contribution in [0.25, 0.3) is 22.6 Å². The number of oxazole rings is 1. The summed E-state index contributed by atoms with van der Waals surface area (Å²) in [5.74, 6) is -0.521.